The van der Waals surface area contributed by atoms with Crippen molar-refractivity contribution in [1.29, 1.82) is 0 Å². The molecule has 15 atom stereocenters. The smallest absolute Gasteiger partial charge is 0.222 e. The zero-order chi connectivity index (χ0) is 79.1. The monoisotopic (exact) mass is 1580 g/mol. The minimum atomic E-state index is -1.49. The standard InChI is InChI=1S/C66H116N10O29S2/c1-40(80)73-54-60(94)57(91)43(34-77)103-63(54)100-28-7-4-14-46(83)67-22-11-25-70-49(86)19-31-97-37-66(76-52(89)17-10-18-53(90)107-106,38-98-32-20-50(87)71-26-12-23-68-47(84)15-5-8-29-101-64-55(74-41(2)81)61(95)58(92)44(35-78)104-64)39-99-33-21-51(88)72-27-13-24-69-48(85)16-6-9-30-102-65-56(75-42(3)82)62(96)59(93)45(36-79)105-65/h43-45,54-65,77-79,91-96,106H,4-39H2,1-3H3,(H,67,83)(H,68,84)(H,69,85)(H,70,86)(H,71,87)(H,72,88)(H,73,80)(H,74,81)(H,75,82)(H,76,89). The summed E-state index contributed by atoms with van der Waals surface area (Å²) in [5.74, 6) is -3.99. The van der Waals surface area contributed by atoms with Crippen molar-refractivity contribution in [3.8, 4) is 0 Å². The molecule has 41 heteroatoms. The lowest BCUT2D eigenvalue weighted by atomic mass is 9.97. The van der Waals surface area contributed by atoms with E-state index in [9.17, 15) is 98.7 Å². The number of carbonyl (C=O) groups is 11. The summed E-state index contributed by atoms with van der Waals surface area (Å²) in [4.78, 5) is 137. The summed E-state index contributed by atoms with van der Waals surface area (Å²) in [5, 5.41) is 117. The van der Waals surface area contributed by atoms with Gasteiger partial charge in [-0.3, -0.25) is 52.7 Å². The Bertz CT molecular complexity index is 2430. The largest absolute Gasteiger partial charge is 0.394 e. The highest BCUT2D eigenvalue weighted by Crippen LogP contribution is 2.26. The van der Waals surface area contributed by atoms with Crippen LogP contribution in [0.25, 0.3) is 0 Å². The van der Waals surface area contributed by atoms with Crippen LogP contribution >= 0.6 is 22.5 Å². The quantitative estimate of drug-likeness (QED) is 0.0153. The van der Waals surface area contributed by atoms with Crippen molar-refractivity contribution in [3.63, 3.8) is 0 Å². The number of nitrogens with one attached hydrogen (secondary N) is 10. The molecule has 3 heterocycles. The minimum Gasteiger partial charge on any atom is -0.394 e. The van der Waals surface area contributed by atoms with Gasteiger partial charge in [0.15, 0.2) is 24.0 Å². The van der Waals surface area contributed by atoms with E-state index in [1.807, 2.05) is 0 Å². The van der Waals surface area contributed by atoms with E-state index in [4.69, 9.17) is 42.6 Å². The van der Waals surface area contributed by atoms with Crippen LogP contribution in [0, 0.1) is 0 Å². The number of aliphatic hydroxyl groups is 9. The molecule has 0 aromatic rings. The maximum atomic E-state index is 13.6. The lowest BCUT2D eigenvalue weighted by molar-refractivity contribution is -0.270. The lowest BCUT2D eigenvalue weighted by Gasteiger charge is -2.42. The zero-order valence-electron chi connectivity index (χ0n) is 61.2. The van der Waals surface area contributed by atoms with Crippen molar-refractivity contribution >= 4 is 86.6 Å². The average molecular weight is 1580 g/mol. The number of hydrogen-bond acceptors (Lipinski definition) is 31. The molecule has 3 saturated heterocycles. The van der Waals surface area contributed by atoms with Crippen LogP contribution in [0.5, 0.6) is 0 Å². The average Bonchev–Trinajstić information content (AvgIpc) is 0.822. The van der Waals surface area contributed by atoms with Gasteiger partial charge < -0.3 is 142 Å². The molecule has 0 spiro atoms. The number of ether oxygens (including phenoxy) is 9. The highest BCUT2D eigenvalue weighted by atomic mass is 33.1. The second kappa shape index (κ2) is 54.9. The van der Waals surface area contributed by atoms with E-state index in [1.54, 1.807) is 0 Å². The molecule has 3 rings (SSSR count). The highest BCUT2D eigenvalue weighted by molar-refractivity contribution is 8.74. The van der Waals surface area contributed by atoms with Crippen LogP contribution < -0.4 is 53.2 Å². The number of hydrogen-bond donors (Lipinski definition) is 20. The first-order valence-electron chi connectivity index (χ1n) is 36.2. The lowest BCUT2D eigenvalue weighted by Crippen LogP contribution is -2.64. The Hall–Kier alpha value is -5.65. The fourth-order valence-corrected chi connectivity index (χ4v) is 11.6. The maximum absolute atomic E-state index is 13.6. The first-order chi connectivity index (χ1) is 51.2. The predicted molar refractivity (Wildman–Crippen MR) is 380 cm³/mol. The predicted octanol–water partition coefficient (Wildman–Crippen LogP) is -6.40. The third kappa shape index (κ3) is 39.2. The Morgan fingerprint density at radius 3 is 0.888 bits per heavy atom. The first-order valence-corrected chi connectivity index (χ1v) is 38.1. The molecule has 3 aliphatic heterocycles. The number of aliphatic hydroxyl groups excluding tert-OH is 9. The van der Waals surface area contributed by atoms with Crippen molar-refractivity contribution in [2.24, 2.45) is 0 Å². The second-order valence-corrected chi connectivity index (χ2v) is 27.2. The molecule has 107 heavy (non-hydrogen) atoms. The summed E-state index contributed by atoms with van der Waals surface area (Å²) >= 11 is 3.93. The molecule has 0 radical (unpaired) electrons. The highest BCUT2D eigenvalue weighted by Gasteiger charge is 2.48. The van der Waals surface area contributed by atoms with Crippen LogP contribution in [0.15, 0.2) is 0 Å². The normalized spacial score (nSPS) is 24.7. The molecule has 616 valence electrons. The van der Waals surface area contributed by atoms with Crippen molar-refractivity contribution in [2.75, 3.05) is 119 Å². The molecule has 19 N–H and O–H groups in total. The van der Waals surface area contributed by atoms with Gasteiger partial charge in [0.2, 0.25) is 59.1 Å². The van der Waals surface area contributed by atoms with Gasteiger partial charge in [-0.1, -0.05) is 0 Å². The van der Waals surface area contributed by atoms with Gasteiger partial charge in [0, 0.05) is 131 Å². The Kier molecular flexibility index (Phi) is 49.0. The Labute approximate surface area is 631 Å². The van der Waals surface area contributed by atoms with Gasteiger partial charge in [-0.2, -0.15) is 0 Å². The van der Waals surface area contributed by atoms with E-state index < -0.39 is 159 Å². The summed E-state index contributed by atoms with van der Waals surface area (Å²) in [7, 11) is 0.717. The topological polar surface area (TPSA) is 573 Å². The molecule has 3 aliphatic rings. The van der Waals surface area contributed by atoms with Crippen molar-refractivity contribution in [1.82, 2.24) is 53.2 Å². The number of thiol groups is 1. The van der Waals surface area contributed by atoms with Gasteiger partial charge >= 0.3 is 0 Å². The fourth-order valence-electron chi connectivity index (χ4n) is 11.1. The Morgan fingerprint density at radius 2 is 0.626 bits per heavy atom. The third-order valence-electron chi connectivity index (χ3n) is 16.8. The molecular formula is C66H116N10O29S2. The van der Waals surface area contributed by atoms with Gasteiger partial charge in [0.25, 0.3) is 0 Å². The molecule has 3 fully saturated rings. The van der Waals surface area contributed by atoms with E-state index in [2.05, 4.69) is 64.8 Å². The number of carbonyl (C=O) groups excluding carboxylic acids is 11. The van der Waals surface area contributed by atoms with Gasteiger partial charge in [0.1, 0.15) is 78.6 Å². The van der Waals surface area contributed by atoms with E-state index in [1.165, 1.54) is 20.8 Å². The maximum Gasteiger partial charge on any atom is 0.222 e. The molecular weight excluding hydrogens is 1460 g/mol. The summed E-state index contributed by atoms with van der Waals surface area (Å²) in [5.41, 5.74) is -1.49. The van der Waals surface area contributed by atoms with Crippen LogP contribution in [0.4, 0.5) is 0 Å². The van der Waals surface area contributed by atoms with Crippen LogP contribution in [-0.2, 0) is 95.4 Å². The first kappa shape index (κ1) is 95.6. The van der Waals surface area contributed by atoms with E-state index >= 15 is 0 Å². The van der Waals surface area contributed by atoms with Crippen LogP contribution in [0.1, 0.15) is 136 Å². The van der Waals surface area contributed by atoms with Crippen molar-refractivity contribution in [3.05, 3.63) is 0 Å². The molecule has 0 saturated carbocycles. The number of amides is 10. The molecule has 0 aromatic carbocycles. The van der Waals surface area contributed by atoms with Crippen molar-refractivity contribution in [2.45, 2.75) is 234 Å². The molecule has 39 nitrogen and oxygen atoms in total. The summed E-state index contributed by atoms with van der Waals surface area (Å²) in [6.45, 7) is 2.00. The van der Waals surface area contributed by atoms with Gasteiger partial charge in [-0.05, 0) is 75.0 Å². The van der Waals surface area contributed by atoms with Crippen LogP contribution in [0.2, 0.25) is 0 Å². The van der Waals surface area contributed by atoms with E-state index in [-0.39, 0.29) is 179 Å². The Balaban J connectivity index is 1.50. The molecule has 0 aromatic heterocycles. The summed E-state index contributed by atoms with van der Waals surface area (Å²) in [6.07, 6.45) is -12.1. The third-order valence-corrected chi connectivity index (χ3v) is 17.9. The van der Waals surface area contributed by atoms with Gasteiger partial charge in [-0.25, -0.2) is 0 Å². The van der Waals surface area contributed by atoms with Crippen molar-refractivity contribution < 1.29 is 141 Å². The molecule has 15 unspecified atom stereocenters. The second-order valence-electron chi connectivity index (χ2n) is 26.0. The molecule has 0 bridgehead atoms. The zero-order valence-corrected chi connectivity index (χ0v) is 62.9. The van der Waals surface area contributed by atoms with Gasteiger partial charge in [-0.15, -0.1) is 11.7 Å². The number of unbranched alkanes of at least 4 members (excludes halogenated alkanes) is 3. The van der Waals surface area contributed by atoms with Crippen LogP contribution in [-0.4, -0.2) is 326 Å². The van der Waals surface area contributed by atoms with Crippen LogP contribution in [0.3, 0.4) is 0 Å². The van der Waals surface area contributed by atoms with E-state index in [0.717, 1.165) is 0 Å². The SMILES string of the molecule is CC(=O)NC1C(OCCCCC(=O)NCCCNC(=O)CCOCC(COCCC(=O)NCCCNC(=O)CCCCOC2OC(CO)C(O)C(O)C2NC(C)=O)(COCCC(=O)NCCCNC(=O)CCCCOC2OC(CO)C(O)C(O)C2NC(C)=O)NC(=O)CCCC(=O)SS)OC(CO)C(O)C1O. The fraction of sp³-hybridized carbons (Fsp3) is 0.833. The van der Waals surface area contributed by atoms with Gasteiger partial charge in [0.05, 0.1) is 59.5 Å². The minimum absolute atomic E-state index is 0.0355. The summed E-state index contributed by atoms with van der Waals surface area (Å²) < 4.78 is 51.7. The number of rotatable bonds is 56. The Morgan fingerprint density at radius 1 is 0.355 bits per heavy atom. The van der Waals surface area contributed by atoms with E-state index in [0.29, 0.717) is 68.6 Å². The summed E-state index contributed by atoms with van der Waals surface area (Å²) in [6, 6.07) is -3.29. The molecule has 0 aliphatic carbocycles. The molecule has 10 amide bonds.